The monoisotopic (exact) mass is 223 g/mol. The minimum absolute atomic E-state index is 0.131. The molecule has 0 aliphatic heterocycles. The van der Waals surface area contributed by atoms with Crippen molar-refractivity contribution in [3.05, 3.63) is 28.9 Å². The topological polar surface area (TPSA) is 43.8 Å². The Kier molecular flexibility index (Phi) is 2.67. The number of aryl methyl sites for hydroxylation is 1. The van der Waals surface area contributed by atoms with Crippen LogP contribution in [0, 0.1) is 0 Å². The Morgan fingerprint density at radius 2 is 2.27 bits per heavy atom. The van der Waals surface area contributed by atoms with Crippen LogP contribution in [0.15, 0.2) is 18.2 Å². The van der Waals surface area contributed by atoms with Crippen molar-refractivity contribution in [3.63, 3.8) is 0 Å². The van der Waals surface area contributed by atoms with Crippen molar-refractivity contribution in [3.8, 4) is 0 Å². The van der Waals surface area contributed by atoms with Gasteiger partial charge < -0.3 is 5.73 Å². The number of hydrogen-bond acceptors (Lipinski definition) is 2. The number of benzene rings is 1. The van der Waals surface area contributed by atoms with Gasteiger partial charge in [0.15, 0.2) is 5.15 Å². The van der Waals surface area contributed by atoms with Crippen molar-refractivity contribution < 1.29 is 0 Å². The number of aromatic nitrogens is 2. The number of hydrogen-bond donors (Lipinski definition) is 1. The maximum absolute atomic E-state index is 6.09. The summed E-state index contributed by atoms with van der Waals surface area (Å²) in [6.45, 7) is 1.99. The maximum atomic E-state index is 6.09. The minimum Gasteiger partial charge on any atom is -0.328 e. The molecular weight excluding hydrogens is 210 g/mol. The fraction of sp³-hybridized carbons (Fsp3) is 0.364. The molecule has 0 spiro atoms. The van der Waals surface area contributed by atoms with Crippen molar-refractivity contribution in [2.45, 2.75) is 19.4 Å². The third kappa shape index (κ3) is 1.85. The molecule has 80 valence electrons. The maximum Gasteiger partial charge on any atom is 0.159 e. The number of rotatable bonds is 2. The van der Waals surface area contributed by atoms with E-state index >= 15 is 0 Å². The van der Waals surface area contributed by atoms with Crippen LogP contribution >= 0.6 is 11.6 Å². The summed E-state index contributed by atoms with van der Waals surface area (Å²) in [5.41, 5.74) is 8.02. The molecule has 2 rings (SSSR count). The van der Waals surface area contributed by atoms with Crippen molar-refractivity contribution in [1.29, 1.82) is 0 Å². The van der Waals surface area contributed by atoms with E-state index in [9.17, 15) is 0 Å². The van der Waals surface area contributed by atoms with Gasteiger partial charge in [0, 0.05) is 18.5 Å². The summed E-state index contributed by atoms with van der Waals surface area (Å²) in [6.07, 6.45) is 0.822. The second kappa shape index (κ2) is 3.83. The first kappa shape index (κ1) is 10.5. The summed E-state index contributed by atoms with van der Waals surface area (Å²) in [7, 11) is 1.89. The molecule has 0 saturated heterocycles. The first-order chi connectivity index (χ1) is 7.09. The molecule has 0 fully saturated rings. The molecular formula is C11H14ClN3. The quantitative estimate of drug-likeness (QED) is 0.848. The van der Waals surface area contributed by atoms with Gasteiger partial charge in [-0.05, 0) is 25.0 Å². The van der Waals surface area contributed by atoms with Crippen LogP contribution in [0.1, 0.15) is 12.5 Å². The van der Waals surface area contributed by atoms with Gasteiger partial charge in [-0.3, -0.25) is 4.68 Å². The van der Waals surface area contributed by atoms with Gasteiger partial charge in [0.25, 0.3) is 0 Å². The molecule has 15 heavy (non-hydrogen) atoms. The molecule has 1 aromatic heterocycles. The Morgan fingerprint density at radius 3 is 2.93 bits per heavy atom. The Labute approximate surface area is 93.8 Å². The van der Waals surface area contributed by atoms with Gasteiger partial charge in [-0.25, -0.2) is 0 Å². The van der Waals surface area contributed by atoms with Crippen molar-refractivity contribution in [2.24, 2.45) is 12.8 Å². The molecule has 0 bridgehead atoms. The van der Waals surface area contributed by atoms with Crippen LogP contribution in [0.3, 0.4) is 0 Å². The summed E-state index contributed by atoms with van der Waals surface area (Å²) in [4.78, 5) is 0. The molecule has 1 unspecified atom stereocenters. The molecule has 2 N–H and O–H groups in total. The Hall–Kier alpha value is -1.06. The highest BCUT2D eigenvalue weighted by molar-refractivity contribution is 6.34. The predicted octanol–water partition coefficient (Wildman–Crippen LogP) is 2.12. The molecule has 0 saturated carbocycles. The van der Waals surface area contributed by atoms with Gasteiger partial charge in [-0.1, -0.05) is 23.7 Å². The second-order valence-electron chi connectivity index (χ2n) is 3.91. The molecule has 0 aliphatic carbocycles. The summed E-state index contributed by atoms with van der Waals surface area (Å²) in [5, 5.41) is 5.79. The van der Waals surface area contributed by atoms with Crippen LogP contribution < -0.4 is 5.73 Å². The molecule has 1 heterocycles. The highest BCUT2D eigenvalue weighted by Crippen LogP contribution is 2.26. The summed E-state index contributed by atoms with van der Waals surface area (Å²) in [6, 6.07) is 6.21. The molecule has 3 nitrogen and oxygen atoms in total. The van der Waals surface area contributed by atoms with Crippen molar-refractivity contribution in [2.75, 3.05) is 0 Å². The van der Waals surface area contributed by atoms with Gasteiger partial charge in [0.2, 0.25) is 0 Å². The lowest BCUT2D eigenvalue weighted by molar-refractivity contribution is 0.741. The molecule has 1 aromatic carbocycles. The Morgan fingerprint density at radius 1 is 1.53 bits per heavy atom. The lowest BCUT2D eigenvalue weighted by atomic mass is 10.0. The van der Waals surface area contributed by atoms with E-state index in [1.54, 1.807) is 4.68 Å². The lowest BCUT2D eigenvalue weighted by Gasteiger charge is -2.06. The third-order valence-electron chi connectivity index (χ3n) is 2.46. The van der Waals surface area contributed by atoms with Crippen molar-refractivity contribution in [1.82, 2.24) is 9.78 Å². The molecule has 4 heteroatoms. The number of nitrogens with zero attached hydrogens (tertiary/aromatic N) is 2. The fourth-order valence-corrected chi connectivity index (χ4v) is 2.18. The number of halogens is 1. The summed E-state index contributed by atoms with van der Waals surface area (Å²) < 4.78 is 1.79. The molecule has 0 amide bonds. The fourth-order valence-electron chi connectivity index (χ4n) is 1.85. The van der Waals surface area contributed by atoms with E-state index in [2.05, 4.69) is 11.2 Å². The van der Waals surface area contributed by atoms with Crippen LogP contribution in [0.25, 0.3) is 10.9 Å². The number of nitrogens with two attached hydrogens (primary N) is 1. The van der Waals surface area contributed by atoms with E-state index in [1.165, 1.54) is 5.56 Å². The minimum atomic E-state index is 0.131. The predicted molar refractivity (Wildman–Crippen MR) is 63.1 cm³/mol. The van der Waals surface area contributed by atoms with Crippen LogP contribution in [-0.2, 0) is 13.5 Å². The van der Waals surface area contributed by atoms with Gasteiger partial charge in [0.05, 0.1) is 5.52 Å². The smallest absolute Gasteiger partial charge is 0.159 e. The normalized spacial score (nSPS) is 13.3. The SMILES string of the molecule is CC(N)Cc1cccc2c1c(Cl)nn2C. The second-order valence-corrected chi connectivity index (χ2v) is 4.27. The third-order valence-corrected chi connectivity index (χ3v) is 2.73. The van der Waals surface area contributed by atoms with E-state index in [1.807, 2.05) is 26.1 Å². The molecule has 1 atom stereocenters. The van der Waals surface area contributed by atoms with E-state index in [4.69, 9.17) is 17.3 Å². The number of fused-ring (bicyclic) bond motifs is 1. The van der Waals surface area contributed by atoms with E-state index in [0.29, 0.717) is 5.15 Å². The lowest BCUT2D eigenvalue weighted by Crippen LogP contribution is -2.17. The zero-order valence-corrected chi connectivity index (χ0v) is 9.62. The van der Waals surface area contributed by atoms with Crippen LogP contribution in [0.2, 0.25) is 5.15 Å². The van der Waals surface area contributed by atoms with Gasteiger partial charge in [0.1, 0.15) is 0 Å². The van der Waals surface area contributed by atoms with Gasteiger partial charge in [-0.2, -0.15) is 5.10 Å². The van der Waals surface area contributed by atoms with Crippen LogP contribution in [-0.4, -0.2) is 15.8 Å². The summed E-state index contributed by atoms with van der Waals surface area (Å²) >= 11 is 6.09. The van der Waals surface area contributed by atoms with Crippen LogP contribution in [0.5, 0.6) is 0 Å². The van der Waals surface area contributed by atoms with E-state index < -0.39 is 0 Å². The van der Waals surface area contributed by atoms with Gasteiger partial charge >= 0.3 is 0 Å². The Balaban J connectivity index is 2.64. The van der Waals surface area contributed by atoms with E-state index in [0.717, 1.165) is 17.3 Å². The highest BCUT2D eigenvalue weighted by atomic mass is 35.5. The molecule has 0 aliphatic rings. The zero-order valence-electron chi connectivity index (χ0n) is 8.87. The largest absolute Gasteiger partial charge is 0.328 e. The average molecular weight is 224 g/mol. The first-order valence-corrected chi connectivity index (χ1v) is 5.33. The standard InChI is InChI=1S/C11H14ClN3/c1-7(13)6-8-4-3-5-9-10(8)11(12)14-15(9)2/h3-5,7H,6,13H2,1-2H3. The van der Waals surface area contributed by atoms with Crippen LogP contribution in [0.4, 0.5) is 0 Å². The molecule has 2 aromatic rings. The zero-order chi connectivity index (χ0) is 11.0. The highest BCUT2D eigenvalue weighted by Gasteiger charge is 2.11. The van der Waals surface area contributed by atoms with Crippen molar-refractivity contribution >= 4 is 22.5 Å². The van der Waals surface area contributed by atoms with E-state index in [-0.39, 0.29) is 6.04 Å². The average Bonchev–Trinajstić information content (AvgIpc) is 2.43. The first-order valence-electron chi connectivity index (χ1n) is 4.95. The van der Waals surface area contributed by atoms with Gasteiger partial charge in [-0.15, -0.1) is 0 Å². The Bertz CT molecular complexity index is 488. The summed E-state index contributed by atoms with van der Waals surface area (Å²) in [5.74, 6) is 0. The molecule has 0 radical (unpaired) electrons.